The molecular formula is C19H27N3O3. The van der Waals surface area contributed by atoms with Crippen LogP contribution >= 0.6 is 0 Å². The van der Waals surface area contributed by atoms with E-state index in [0.717, 1.165) is 44.6 Å². The van der Waals surface area contributed by atoms with Gasteiger partial charge in [-0.2, -0.15) is 0 Å². The number of nitrogens with one attached hydrogen (secondary N) is 1. The minimum Gasteiger partial charge on any atom is -0.460 e. The number of carbonyl (C=O) groups excluding carboxylic acids is 2. The van der Waals surface area contributed by atoms with Crippen molar-refractivity contribution in [3.8, 4) is 0 Å². The average Bonchev–Trinajstić information content (AvgIpc) is 2.64. The van der Waals surface area contributed by atoms with Gasteiger partial charge in [0.25, 0.3) is 0 Å². The smallest absolute Gasteiger partial charge is 0.320 e. The molecule has 0 atom stereocenters. The molecule has 6 heteroatoms. The topological polar surface area (TPSA) is 61.9 Å². The predicted octanol–water partition coefficient (Wildman–Crippen LogP) is 0.874. The molecule has 0 spiro atoms. The van der Waals surface area contributed by atoms with Crippen molar-refractivity contribution in [1.82, 2.24) is 15.1 Å². The van der Waals surface area contributed by atoms with Crippen LogP contribution in [0.2, 0.25) is 0 Å². The molecule has 3 rings (SSSR count). The number of amides is 1. The fourth-order valence-electron chi connectivity index (χ4n) is 3.43. The van der Waals surface area contributed by atoms with Gasteiger partial charge in [0.15, 0.2) is 0 Å². The second-order valence-corrected chi connectivity index (χ2v) is 6.89. The summed E-state index contributed by atoms with van der Waals surface area (Å²) in [5.74, 6) is 0.455. The third kappa shape index (κ3) is 5.54. The summed E-state index contributed by atoms with van der Waals surface area (Å²) >= 11 is 0. The number of carbonyl (C=O) groups is 2. The molecule has 2 aliphatic rings. The van der Waals surface area contributed by atoms with Crippen molar-refractivity contribution < 1.29 is 14.3 Å². The highest BCUT2D eigenvalue weighted by Gasteiger charge is 2.27. The molecule has 1 aromatic carbocycles. The van der Waals surface area contributed by atoms with Gasteiger partial charge in [-0.05, 0) is 37.4 Å². The molecule has 136 valence electrons. The van der Waals surface area contributed by atoms with Crippen LogP contribution in [0.5, 0.6) is 0 Å². The molecule has 2 heterocycles. The summed E-state index contributed by atoms with van der Waals surface area (Å²) < 4.78 is 5.30. The van der Waals surface area contributed by atoms with Crippen LogP contribution in [0.25, 0.3) is 0 Å². The van der Waals surface area contributed by atoms with Gasteiger partial charge in [0, 0.05) is 19.6 Å². The van der Waals surface area contributed by atoms with Gasteiger partial charge in [0.1, 0.15) is 6.61 Å². The van der Waals surface area contributed by atoms with E-state index in [1.807, 2.05) is 40.1 Å². The van der Waals surface area contributed by atoms with Crippen LogP contribution in [-0.2, 0) is 20.9 Å². The first-order valence-corrected chi connectivity index (χ1v) is 9.11. The Bertz CT molecular complexity index is 573. The van der Waals surface area contributed by atoms with E-state index in [0.29, 0.717) is 19.0 Å². The van der Waals surface area contributed by atoms with E-state index in [4.69, 9.17) is 4.74 Å². The molecule has 1 aromatic rings. The Morgan fingerprint density at radius 1 is 1.16 bits per heavy atom. The van der Waals surface area contributed by atoms with E-state index in [1.165, 1.54) is 0 Å². The lowest BCUT2D eigenvalue weighted by Crippen LogP contribution is -2.53. The maximum absolute atomic E-state index is 12.4. The first-order chi connectivity index (χ1) is 12.2. The highest BCUT2D eigenvalue weighted by Crippen LogP contribution is 2.15. The molecule has 0 bridgehead atoms. The minimum atomic E-state index is -0.275. The number of piperidine rings is 1. The predicted molar refractivity (Wildman–Crippen MR) is 94.9 cm³/mol. The Hall–Kier alpha value is -1.92. The second kappa shape index (κ2) is 8.97. The van der Waals surface area contributed by atoms with E-state index in [2.05, 4.69) is 5.32 Å². The lowest BCUT2D eigenvalue weighted by molar-refractivity contribution is -0.148. The van der Waals surface area contributed by atoms with Crippen LogP contribution in [0, 0.1) is 5.92 Å². The molecule has 0 aromatic heterocycles. The standard InChI is InChI=1S/C19H27N3O3/c23-18-13-21(10-11-22(18)12-16-6-8-20-9-7-16)14-19(24)25-15-17-4-2-1-3-5-17/h1-5,16,20H,6-15H2. The molecule has 0 saturated carbocycles. The van der Waals surface area contributed by atoms with E-state index < -0.39 is 0 Å². The maximum atomic E-state index is 12.4. The molecule has 0 unspecified atom stereocenters. The quantitative estimate of drug-likeness (QED) is 0.776. The molecule has 2 fully saturated rings. The van der Waals surface area contributed by atoms with Crippen LogP contribution in [0.3, 0.4) is 0 Å². The Labute approximate surface area is 149 Å². The molecule has 25 heavy (non-hydrogen) atoms. The number of rotatable bonds is 6. The van der Waals surface area contributed by atoms with Crippen molar-refractivity contribution in [2.45, 2.75) is 19.4 Å². The van der Waals surface area contributed by atoms with E-state index in [9.17, 15) is 9.59 Å². The van der Waals surface area contributed by atoms with Crippen molar-refractivity contribution in [2.75, 3.05) is 45.8 Å². The highest BCUT2D eigenvalue weighted by molar-refractivity contribution is 5.80. The monoisotopic (exact) mass is 345 g/mol. The zero-order chi connectivity index (χ0) is 17.5. The average molecular weight is 345 g/mol. The van der Waals surface area contributed by atoms with Gasteiger partial charge in [0.05, 0.1) is 13.1 Å². The summed E-state index contributed by atoms with van der Waals surface area (Å²) in [4.78, 5) is 28.2. The Morgan fingerprint density at radius 2 is 1.92 bits per heavy atom. The highest BCUT2D eigenvalue weighted by atomic mass is 16.5. The lowest BCUT2D eigenvalue weighted by Gasteiger charge is -2.36. The first-order valence-electron chi connectivity index (χ1n) is 9.11. The number of hydrogen-bond donors (Lipinski definition) is 1. The molecule has 6 nitrogen and oxygen atoms in total. The molecule has 0 aliphatic carbocycles. The van der Waals surface area contributed by atoms with Gasteiger partial charge in [-0.1, -0.05) is 30.3 Å². The lowest BCUT2D eigenvalue weighted by atomic mass is 9.97. The molecule has 1 N–H and O–H groups in total. The van der Waals surface area contributed by atoms with Gasteiger partial charge in [-0.25, -0.2) is 0 Å². The number of hydrogen-bond acceptors (Lipinski definition) is 5. The van der Waals surface area contributed by atoms with E-state index >= 15 is 0 Å². The van der Waals surface area contributed by atoms with Crippen molar-refractivity contribution >= 4 is 11.9 Å². The van der Waals surface area contributed by atoms with Gasteiger partial charge < -0.3 is 15.0 Å². The third-order valence-electron chi connectivity index (χ3n) is 4.93. The van der Waals surface area contributed by atoms with Gasteiger partial charge in [-0.15, -0.1) is 0 Å². The summed E-state index contributed by atoms with van der Waals surface area (Å²) in [6, 6.07) is 9.62. The fraction of sp³-hybridized carbons (Fsp3) is 0.579. The molecule has 1 amide bonds. The van der Waals surface area contributed by atoms with Crippen molar-refractivity contribution in [3.63, 3.8) is 0 Å². The maximum Gasteiger partial charge on any atom is 0.320 e. The van der Waals surface area contributed by atoms with Crippen LogP contribution in [0.15, 0.2) is 30.3 Å². The van der Waals surface area contributed by atoms with Crippen LogP contribution in [-0.4, -0.2) is 67.5 Å². The van der Waals surface area contributed by atoms with Crippen LogP contribution in [0.1, 0.15) is 18.4 Å². The molecule has 2 aliphatic heterocycles. The van der Waals surface area contributed by atoms with Crippen LogP contribution in [0.4, 0.5) is 0 Å². The molecule has 2 saturated heterocycles. The zero-order valence-electron chi connectivity index (χ0n) is 14.7. The number of ether oxygens (including phenoxy) is 1. The summed E-state index contributed by atoms with van der Waals surface area (Å²) in [5, 5.41) is 3.35. The number of esters is 1. The summed E-state index contributed by atoms with van der Waals surface area (Å²) in [5.41, 5.74) is 0.971. The SMILES string of the molecule is O=C(CN1CCN(CC2CCNCC2)C(=O)C1)OCc1ccccc1. The normalized spacial score (nSPS) is 19.8. The minimum absolute atomic E-state index is 0.126. The third-order valence-corrected chi connectivity index (χ3v) is 4.93. The summed E-state index contributed by atoms with van der Waals surface area (Å²) in [6.07, 6.45) is 2.28. The number of benzene rings is 1. The second-order valence-electron chi connectivity index (χ2n) is 6.89. The largest absolute Gasteiger partial charge is 0.460 e. The number of piperazine rings is 1. The van der Waals surface area contributed by atoms with Gasteiger partial charge in [0.2, 0.25) is 5.91 Å². The van der Waals surface area contributed by atoms with E-state index in [-0.39, 0.29) is 25.0 Å². The van der Waals surface area contributed by atoms with Gasteiger partial charge >= 0.3 is 5.97 Å². The first kappa shape index (κ1) is 17.9. The summed E-state index contributed by atoms with van der Waals surface area (Å²) in [7, 11) is 0. The van der Waals surface area contributed by atoms with E-state index in [1.54, 1.807) is 0 Å². The summed E-state index contributed by atoms with van der Waals surface area (Å²) in [6.45, 7) is 5.16. The van der Waals surface area contributed by atoms with Crippen molar-refractivity contribution in [1.29, 1.82) is 0 Å². The van der Waals surface area contributed by atoms with Gasteiger partial charge in [-0.3, -0.25) is 14.5 Å². The van der Waals surface area contributed by atoms with Crippen molar-refractivity contribution in [3.05, 3.63) is 35.9 Å². The fourth-order valence-corrected chi connectivity index (χ4v) is 3.43. The Morgan fingerprint density at radius 3 is 2.64 bits per heavy atom. The zero-order valence-corrected chi connectivity index (χ0v) is 14.7. The number of nitrogens with zero attached hydrogens (tertiary/aromatic N) is 2. The Balaban J connectivity index is 1.38. The molecular weight excluding hydrogens is 318 g/mol. The van der Waals surface area contributed by atoms with Crippen LogP contribution < -0.4 is 5.32 Å². The van der Waals surface area contributed by atoms with Crippen molar-refractivity contribution in [2.24, 2.45) is 5.92 Å². The molecule has 0 radical (unpaired) electrons. The Kier molecular flexibility index (Phi) is 6.42.